The number of carbonyl (C=O) groups excluding carboxylic acids is 3. The Morgan fingerprint density at radius 3 is 2.67 bits per heavy atom. The standard InChI is InChI=1S/C22H20N4O4/c1-30-21(28)14-23-22(29)17-6-5-7-18(12-17)25-20(27)11-10-16-13-24-26(15-16)19-8-3-2-4-9-19/h2-13,15H,14H2,1H3,(H,23,29)(H,25,27). The minimum absolute atomic E-state index is 0.231. The van der Waals surface area contributed by atoms with E-state index >= 15 is 0 Å². The number of nitrogens with one attached hydrogen (secondary N) is 2. The van der Waals surface area contributed by atoms with Crippen molar-refractivity contribution in [1.82, 2.24) is 15.1 Å². The highest BCUT2D eigenvalue weighted by Crippen LogP contribution is 2.12. The van der Waals surface area contributed by atoms with Gasteiger partial charge in [0.1, 0.15) is 6.54 Å². The van der Waals surface area contributed by atoms with E-state index in [-0.39, 0.29) is 12.5 Å². The molecule has 8 nitrogen and oxygen atoms in total. The monoisotopic (exact) mass is 404 g/mol. The Balaban J connectivity index is 1.59. The number of methoxy groups -OCH3 is 1. The lowest BCUT2D eigenvalue weighted by Crippen LogP contribution is -2.30. The molecule has 0 atom stereocenters. The maximum atomic E-state index is 12.2. The van der Waals surface area contributed by atoms with Crippen molar-refractivity contribution in [2.75, 3.05) is 19.0 Å². The van der Waals surface area contributed by atoms with Gasteiger partial charge in [0.15, 0.2) is 0 Å². The third-order valence-corrected chi connectivity index (χ3v) is 4.06. The van der Waals surface area contributed by atoms with Crippen molar-refractivity contribution in [3.63, 3.8) is 0 Å². The van der Waals surface area contributed by atoms with Gasteiger partial charge in [-0.3, -0.25) is 14.4 Å². The summed E-state index contributed by atoms with van der Waals surface area (Å²) in [4.78, 5) is 35.4. The largest absolute Gasteiger partial charge is 0.468 e. The van der Waals surface area contributed by atoms with Crippen LogP contribution in [0.2, 0.25) is 0 Å². The van der Waals surface area contributed by atoms with Crippen molar-refractivity contribution in [2.45, 2.75) is 0 Å². The second-order valence-electron chi connectivity index (χ2n) is 6.22. The highest BCUT2D eigenvalue weighted by molar-refractivity contribution is 6.03. The van der Waals surface area contributed by atoms with Crippen LogP contribution in [0.3, 0.4) is 0 Å². The molecular weight excluding hydrogens is 384 g/mol. The Labute approximate surface area is 173 Å². The van der Waals surface area contributed by atoms with E-state index in [9.17, 15) is 14.4 Å². The zero-order valence-electron chi connectivity index (χ0n) is 16.2. The molecule has 152 valence electrons. The summed E-state index contributed by atoms with van der Waals surface area (Å²) < 4.78 is 6.19. The average molecular weight is 404 g/mol. The van der Waals surface area contributed by atoms with E-state index in [0.29, 0.717) is 11.3 Å². The molecule has 0 saturated heterocycles. The number of hydrogen-bond acceptors (Lipinski definition) is 5. The van der Waals surface area contributed by atoms with Crippen molar-refractivity contribution in [3.05, 3.63) is 84.2 Å². The summed E-state index contributed by atoms with van der Waals surface area (Å²) in [7, 11) is 1.24. The summed E-state index contributed by atoms with van der Waals surface area (Å²) in [6.07, 6.45) is 6.50. The lowest BCUT2D eigenvalue weighted by atomic mass is 10.2. The van der Waals surface area contributed by atoms with Gasteiger partial charge >= 0.3 is 5.97 Å². The number of carbonyl (C=O) groups is 3. The Hall–Kier alpha value is -4.20. The molecule has 3 aromatic rings. The maximum Gasteiger partial charge on any atom is 0.325 e. The molecule has 0 unspecified atom stereocenters. The minimum Gasteiger partial charge on any atom is -0.468 e. The van der Waals surface area contributed by atoms with Gasteiger partial charge in [-0.1, -0.05) is 24.3 Å². The summed E-state index contributed by atoms with van der Waals surface area (Å²) in [5.41, 5.74) is 2.45. The van der Waals surface area contributed by atoms with Crippen LogP contribution in [-0.2, 0) is 14.3 Å². The highest BCUT2D eigenvalue weighted by atomic mass is 16.5. The van der Waals surface area contributed by atoms with Crippen molar-refractivity contribution in [2.24, 2.45) is 0 Å². The first-order valence-electron chi connectivity index (χ1n) is 9.09. The quantitative estimate of drug-likeness (QED) is 0.465. The Morgan fingerprint density at radius 1 is 1.10 bits per heavy atom. The first-order valence-corrected chi connectivity index (χ1v) is 9.09. The molecule has 0 saturated carbocycles. The second-order valence-corrected chi connectivity index (χ2v) is 6.22. The van der Waals surface area contributed by atoms with Crippen LogP contribution in [0.1, 0.15) is 15.9 Å². The van der Waals surface area contributed by atoms with E-state index in [1.165, 1.54) is 19.3 Å². The highest BCUT2D eigenvalue weighted by Gasteiger charge is 2.09. The van der Waals surface area contributed by atoms with E-state index in [1.807, 2.05) is 36.5 Å². The van der Waals surface area contributed by atoms with Crippen molar-refractivity contribution in [1.29, 1.82) is 0 Å². The third-order valence-electron chi connectivity index (χ3n) is 4.06. The summed E-state index contributed by atoms with van der Waals surface area (Å²) >= 11 is 0. The van der Waals surface area contributed by atoms with Crippen LogP contribution in [0, 0.1) is 0 Å². The molecule has 30 heavy (non-hydrogen) atoms. The van der Waals surface area contributed by atoms with Gasteiger partial charge in [-0.15, -0.1) is 0 Å². The van der Waals surface area contributed by atoms with Gasteiger partial charge in [0.05, 0.1) is 19.0 Å². The molecule has 2 amide bonds. The fourth-order valence-electron chi connectivity index (χ4n) is 2.57. The number of aromatic nitrogens is 2. The number of anilines is 1. The van der Waals surface area contributed by atoms with Gasteiger partial charge in [-0.2, -0.15) is 5.10 Å². The molecule has 0 radical (unpaired) electrons. The molecule has 0 bridgehead atoms. The molecular formula is C22H20N4O4. The molecule has 2 N–H and O–H groups in total. The van der Waals surface area contributed by atoms with Crippen LogP contribution >= 0.6 is 0 Å². The average Bonchev–Trinajstić information content (AvgIpc) is 3.25. The molecule has 3 rings (SSSR count). The van der Waals surface area contributed by atoms with Crippen LogP contribution in [0.15, 0.2) is 73.1 Å². The molecule has 0 aliphatic heterocycles. The lowest BCUT2D eigenvalue weighted by molar-refractivity contribution is -0.139. The summed E-state index contributed by atoms with van der Waals surface area (Å²) in [6, 6.07) is 16.0. The number of ether oxygens (including phenoxy) is 1. The van der Waals surface area contributed by atoms with Gasteiger partial charge in [0.2, 0.25) is 5.91 Å². The number of benzene rings is 2. The van der Waals surface area contributed by atoms with E-state index in [4.69, 9.17) is 0 Å². The van der Waals surface area contributed by atoms with Gasteiger partial charge in [0, 0.05) is 29.1 Å². The van der Waals surface area contributed by atoms with Gasteiger partial charge in [0.25, 0.3) is 5.91 Å². The fraction of sp³-hybridized carbons (Fsp3) is 0.0909. The zero-order chi connectivity index (χ0) is 21.3. The fourth-order valence-corrected chi connectivity index (χ4v) is 2.57. The summed E-state index contributed by atoms with van der Waals surface area (Å²) in [6.45, 7) is -0.231. The Kier molecular flexibility index (Phi) is 6.73. The first kappa shape index (κ1) is 20.5. The second kappa shape index (κ2) is 9.83. The van der Waals surface area contributed by atoms with Gasteiger partial charge in [-0.05, 0) is 36.4 Å². The minimum atomic E-state index is -0.548. The summed E-state index contributed by atoms with van der Waals surface area (Å²) in [5.74, 6) is -1.34. The van der Waals surface area contributed by atoms with Crippen LogP contribution < -0.4 is 10.6 Å². The molecule has 1 aromatic heterocycles. The topological polar surface area (TPSA) is 102 Å². The van der Waals surface area contributed by atoms with Gasteiger partial charge < -0.3 is 15.4 Å². The Bertz CT molecular complexity index is 1070. The van der Waals surface area contributed by atoms with E-state index in [1.54, 1.807) is 35.2 Å². The van der Waals surface area contributed by atoms with E-state index < -0.39 is 11.9 Å². The van der Waals surface area contributed by atoms with Crippen LogP contribution in [0.5, 0.6) is 0 Å². The molecule has 1 heterocycles. The number of esters is 1. The smallest absolute Gasteiger partial charge is 0.325 e. The SMILES string of the molecule is COC(=O)CNC(=O)c1cccc(NC(=O)C=Cc2cnn(-c3ccccc3)c2)c1. The number of nitrogens with zero attached hydrogens (tertiary/aromatic N) is 2. The number of rotatable bonds is 7. The Morgan fingerprint density at radius 2 is 1.90 bits per heavy atom. The van der Waals surface area contributed by atoms with E-state index in [0.717, 1.165) is 11.3 Å². The molecule has 0 aliphatic rings. The first-order chi connectivity index (χ1) is 14.5. The van der Waals surface area contributed by atoms with Crippen LogP contribution in [-0.4, -0.2) is 41.2 Å². The predicted octanol–water partition coefficient (Wildman–Crippen LogP) is 2.43. The molecule has 0 aliphatic carbocycles. The molecule has 0 fully saturated rings. The van der Waals surface area contributed by atoms with Crippen LogP contribution in [0.25, 0.3) is 11.8 Å². The zero-order valence-corrected chi connectivity index (χ0v) is 16.2. The summed E-state index contributed by atoms with van der Waals surface area (Å²) in [5, 5.41) is 9.41. The normalized spacial score (nSPS) is 10.6. The van der Waals surface area contributed by atoms with Crippen molar-refractivity contribution >= 4 is 29.5 Å². The maximum absolute atomic E-state index is 12.2. The lowest BCUT2D eigenvalue weighted by Gasteiger charge is -2.06. The number of hydrogen-bond donors (Lipinski definition) is 2. The van der Waals surface area contributed by atoms with Crippen LogP contribution in [0.4, 0.5) is 5.69 Å². The molecule has 0 spiro atoms. The van der Waals surface area contributed by atoms with E-state index in [2.05, 4.69) is 20.5 Å². The number of para-hydroxylation sites is 1. The molecule has 2 aromatic carbocycles. The van der Waals surface area contributed by atoms with Gasteiger partial charge in [-0.25, -0.2) is 4.68 Å². The predicted molar refractivity (Wildman–Crippen MR) is 112 cm³/mol. The molecule has 8 heteroatoms. The number of amides is 2. The van der Waals surface area contributed by atoms with Crippen molar-refractivity contribution in [3.8, 4) is 5.69 Å². The third kappa shape index (κ3) is 5.65. The van der Waals surface area contributed by atoms with Crippen molar-refractivity contribution < 1.29 is 19.1 Å².